The minimum absolute atomic E-state index is 0.108. The van der Waals surface area contributed by atoms with E-state index in [1.807, 2.05) is 11.5 Å². The molecule has 0 radical (unpaired) electrons. The molecule has 1 unspecified atom stereocenters. The number of hydrogen-bond donors (Lipinski definition) is 2. The number of nitrogens with one attached hydrogen (secondary N) is 2. The van der Waals surface area contributed by atoms with E-state index in [1.54, 1.807) is 6.33 Å². The van der Waals surface area contributed by atoms with Gasteiger partial charge in [-0.25, -0.2) is 0 Å². The maximum absolute atomic E-state index is 11.8. The number of amides is 1. The van der Waals surface area contributed by atoms with Gasteiger partial charge in [-0.1, -0.05) is 0 Å². The second-order valence-corrected chi connectivity index (χ2v) is 3.81. The maximum atomic E-state index is 11.8. The van der Waals surface area contributed by atoms with Crippen molar-refractivity contribution >= 4 is 5.91 Å². The second kappa shape index (κ2) is 5.74. The van der Waals surface area contributed by atoms with Crippen LogP contribution in [0.4, 0.5) is 0 Å². The SMILES string of the molecule is CCn1cnnc1CNC(=O)C1CNCCO1. The molecule has 0 aliphatic carbocycles. The Morgan fingerprint density at radius 2 is 2.65 bits per heavy atom. The molecule has 94 valence electrons. The van der Waals surface area contributed by atoms with Crippen LogP contribution in [0.3, 0.4) is 0 Å². The lowest BCUT2D eigenvalue weighted by Crippen LogP contribution is -2.47. The van der Waals surface area contributed by atoms with E-state index in [0.29, 0.717) is 19.7 Å². The van der Waals surface area contributed by atoms with Crippen molar-refractivity contribution in [3.8, 4) is 0 Å². The Hall–Kier alpha value is -1.47. The highest BCUT2D eigenvalue weighted by molar-refractivity contribution is 5.81. The van der Waals surface area contributed by atoms with Crippen LogP contribution in [0.1, 0.15) is 12.7 Å². The average Bonchev–Trinajstić information content (AvgIpc) is 2.84. The molecule has 1 amide bonds. The summed E-state index contributed by atoms with van der Waals surface area (Å²) in [7, 11) is 0. The summed E-state index contributed by atoms with van der Waals surface area (Å²) in [6, 6.07) is 0. The van der Waals surface area contributed by atoms with Gasteiger partial charge in [-0.2, -0.15) is 0 Å². The van der Waals surface area contributed by atoms with Crippen LogP contribution in [0.15, 0.2) is 6.33 Å². The van der Waals surface area contributed by atoms with Gasteiger partial charge in [-0.15, -0.1) is 10.2 Å². The molecule has 17 heavy (non-hydrogen) atoms. The molecule has 7 nitrogen and oxygen atoms in total. The molecule has 0 saturated carbocycles. The van der Waals surface area contributed by atoms with Crippen LogP contribution in [0.2, 0.25) is 0 Å². The van der Waals surface area contributed by atoms with Gasteiger partial charge in [-0.3, -0.25) is 4.79 Å². The van der Waals surface area contributed by atoms with Crippen molar-refractivity contribution in [1.82, 2.24) is 25.4 Å². The van der Waals surface area contributed by atoms with Gasteiger partial charge in [0, 0.05) is 19.6 Å². The average molecular weight is 239 g/mol. The fourth-order valence-electron chi connectivity index (χ4n) is 1.69. The van der Waals surface area contributed by atoms with Gasteiger partial charge in [-0.05, 0) is 6.92 Å². The predicted octanol–water partition coefficient (Wildman–Crippen LogP) is -1.10. The van der Waals surface area contributed by atoms with Crippen molar-refractivity contribution in [2.24, 2.45) is 0 Å². The zero-order chi connectivity index (χ0) is 12.1. The van der Waals surface area contributed by atoms with Crippen molar-refractivity contribution in [3.05, 3.63) is 12.2 Å². The van der Waals surface area contributed by atoms with Gasteiger partial charge in [0.25, 0.3) is 5.91 Å². The molecule has 0 spiro atoms. The summed E-state index contributed by atoms with van der Waals surface area (Å²) in [6.45, 7) is 5.11. The lowest BCUT2D eigenvalue weighted by atomic mass is 10.3. The van der Waals surface area contributed by atoms with E-state index in [1.165, 1.54) is 0 Å². The van der Waals surface area contributed by atoms with Crippen LogP contribution < -0.4 is 10.6 Å². The smallest absolute Gasteiger partial charge is 0.250 e. The second-order valence-electron chi connectivity index (χ2n) is 3.81. The van der Waals surface area contributed by atoms with Gasteiger partial charge >= 0.3 is 0 Å². The molecule has 0 aromatic carbocycles. The Labute approximate surface area is 99.5 Å². The summed E-state index contributed by atoms with van der Waals surface area (Å²) in [5.74, 6) is 0.646. The molecule has 2 N–H and O–H groups in total. The molecule has 1 aromatic rings. The van der Waals surface area contributed by atoms with Gasteiger partial charge in [0.15, 0.2) is 5.82 Å². The summed E-state index contributed by atoms with van der Waals surface area (Å²) in [6.07, 6.45) is 1.25. The Morgan fingerprint density at radius 3 is 3.35 bits per heavy atom. The number of aromatic nitrogens is 3. The molecule has 1 aliphatic rings. The Morgan fingerprint density at radius 1 is 1.76 bits per heavy atom. The molecule has 1 aromatic heterocycles. The van der Waals surface area contributed by atoms with E-state index in [0.717, 1.165) is 18.9 Å². The third-order valence-electron chi connectivity index (χ3n) is 2.68. The van der Waals surface area contributed by atoms with Crippen molar-refractivity contribution in [2.75, 3.05) is 19.7 Å². The standard InChI is InChI=1S/C10H17N5O2/c1-2-15-7-13-14-9(15)6-12-10(16)8-5-11-3-4-17-8/h7-8,11H,2-6H2,1H3,(H,12,16). The Bertz CT molecular complexity index is 373. The Balaban J connectivity index is 1.83. The summed E-state index contributed by atoms with van der Waals surface area (Å²) < 4.78 is 7.24. The van der Waals surface area contributed by atoms with Crippen LogP contribution in [0, 0.1) is 0 Å². The van der Waals surface area contributed by atoms with Crippen molar-refractivity contribution in [2.45, 2.75) is 26.1 Å². The number of carbonyl (C=O) groups is 1. The first-order valence-corrected chi connectivity index (χ1v) is 5.78. The van der Waals surface area contributed by atoms with Crippen LogP contribution in [0.5, 0.6) is 0 Å². The monoisotopic (exact) mass is 239 g/mol. The third-order valence-corrected chi connectivity index (χ3v) is 2.68. The largest absolute Gasteiger partial charge is 0.366 e. The molecule has 2 heterocycles. The minimum Gasteiger partial charge on any atom is -0.366 e. The van der Waals surface area contributed by atoms with Gasteiger partial charge in [0.2, 0.25) is 0 Å². The predicted molar refractivity (Wildman–Crippen MR) is 60.2 cm³/mol. The van der Waals surface area contributed by atoms with E-state index in [4.69, 9.17) is 4.74 Å². The van der Waals surface area contributed by atoms with Crippen LogP contribution >= 0.6 is 0 Å². The fourth-order valence-corrected chi connectivity index (χ4v) is 1.69. The zero-order valence-corrected chi connectivity index (χ0v) is 9.85. The first-order valence-electron chi connectivity index (χ1n) is 5.78. The number of ether oxygens (including phenoxy) is 1. The molecule has 1 fully saturated rings. The van der Waals surface area contributed by atoms with E-state index >= 15 is 0 Å². The highest BCUT2D eigenvalue weighted by Gasteiger charge is 2.21. The molecule has 1 atom stereocenters. The number of aryl methyl sites for hydroxylation is 1. The van der Waals surface area contributed by atoms with Crippen LogP contribution in [-0.2, 0) is 22.6 Å². The maximum Gasteiger partial charge on any atom is 0.250 e. The van der Waals surface area contributed by atoms with E-state index in [2.05, 4.69) is 20.8 Å². The van der Waals surface area contributed by atoms with Crippen LogP contribution in [-0.4, -0.2) is 46.5 Å². The lowest BCUT2D eigenvalue weighted by molar-refractivity contribution is -0.134. The quantitative estimate of drug-likeness (QED) is 0.697. The summed E-state index contributed by atoms with van der Waals surface area (Å²) in [5.41, 5.74) is 0. The Kier molecular flexibility index (Phi) is 4.05. The molecule has 2 rings (SSSR count). The van der Waals surface area contributed by atoms with E-state index in [-0.39, 0.29) is 5.91 Å². The number of morpholine rings is 1. The summed E-state index contributed by atoms with van der Waals surface area (Å²) in [5, 5.41) is 13.7. The third kappa shape index (κ3) is 3.01. The van der Waals surface area contributed by atoms with E-state index in [9.17, 15) is 4.79 Å². The van der Waals surface area contributed by atoms with Crippen LogP contribution in [0.25, 0.3) is 0 Å². The number of hydrogen-bond acceptors (Lipinski definition) is 5. The summed E-state index contributed by atoms with van der Waals surface area (Å²) >= 11 is 0. The zero-order valence-electron chi connectivity index (χ0n) is 9.85. The molecular weight excluding hydrogens is 222 g/mol. The molecular formula is C10H17N5O2. The number of carbonyl (C=O) groups excluding carboxylic acids is 1. The molecule has 1 saturated heterocycles. The summed E-state index contributed by atoms with van der Waals surface area (Å²) in [4.78, 5) is 11.8. The normalized spacial score (nSPS) is 20.2. The van der Waals surface area contributed by atoms with Gasteiger partial charge in [0.1, 0.15) is 12.4 Å². The number of nitrogens with zero attached hydrogens (tertiary/aromatic N) is 3. The molecule has 0 bridgehead atoms. The molecule has 7 heteroatoms. The minimum atomic E-state index is -0.401. The first-order chi connectivity index (χ1) is 8.31. The van der Waals surface area contributed by atoms with Gasteiger partial charge < -0.3 is 19.9 Å². The highest BCUT2D eigenvalue weighted by atomic mass is 16.5. The van der Waals surface area contributed by atoms with Crippen molar-refractivity contribution in [1.29, 1.82) is 0 Å². The lowest BCUT2D eigenvalue weighted by Gasteiger charge is -2.22. The highest BCUT2D eigenvalue weighted by Crippen LogP contribution is 1.98. The van der Waals surface area contributed by atoms with Crippen molar-refractivity contribution < 1.29 is 9.53 Å². The topological polar surface area (TPSA) is 81.1 Å². The van der Waals surface area contributed by atoms with E-state index < -0.39 is 6.10 Å². The van der Waals surface area contributed by atoms with Crippen molar-refractivity contribution in [3.63, 3.8) is 0 Å². The fraction of sp³-hybridized carbons (Fsp3) is 0.700. The first kappa shape index (κ1) is 12.0. The molecule has 1 aliphatic heterocycles. The van der Waals surface area contributed by atoms with Gasteiger partial charge in [0.05, 0.1) is 13.2 Å². The number of rotatable bonds is 4.